The Balaban J connectivity index is 2.14. The van der Waals surface area contributed by atoms with Crippen LogP contribution < -0.4 is 11.1 Å². The minimum Gasteiger partial charge on any atom is -0.393 e. The summed E-state index contributed by atoms with van der Waals surface area (Å²) in [6.07, 6.45) is 3.26. The second kappa shape index (κ2) is 6.46. The highest BCUT2D eigenvalue weighted by atomic mass is 16.3. The number of hydrogen-bond acceptors (Lipinski definition) is 3. The van der Waals surface area contributed by atoms with E-state index in [4.69, 9.17) is 5.73 Å². The normalized spacial score (nSPS) is 28.6. The van der Waals surface area contributed by atoms with E-state index in [0.717, 1.165) is 26.1 Å². The molecule has 0 spiro atoms. The summed E-state index contributed by atoms with van der Waals surface area (Å²) < 4.78 is 0. The third kappa shape index (κ3) is 4.09. The smallest absolute Gasteiger partial charge is 0.0580 e. The molecule has 3 atom stereocenters. The summed E-state index contributed by atoms with van der Waals surface area (Å²) in [7, 11) is 0. The monoisotopic (exact) mass is 214 g/mol. The molecule has 0 aliphatic heterocycles. The summed E-state index contributed by atoms with van der Waals surface area (Å²) in [4.78, 5) is 0. The molecule has 0 aromatic rings. The van der Waals surface area contributed by atoms with Crippen LogP contribution in [0.5, 0.6) is 0 Å². The van der Waals surface area contributed by atoms with Gasteiger partial charge in [0.25, 0.3) is 0 Å². The molecule has 3 heteroatoms. The van der Waals surface area contributed by atoms with E-state index in [1.54, 1.807) is 0 Å². The summed E-state index contributed by atoms with van der Waals surface area (Å²) in [6.45, 7) is 7.10. The number of hydrogen-bond donors (Lipinski definition) is 3. The van der Waals surface area contributed by atoms with Crippen LogP contribution in [0.25, 0.3) is 0 Å². The molecule has 90 valence electrons. The summed E-state index contributed by atoms with van der Waals surface area (Å²) in [5, 5.41) is 13.1. The van der Waals surface area contributed by atoms with E-state index in [9.17, 15) is 5.11 Å². The van der Waals surface area contributed by atoms with Crippen molar-refractivity contribution in [3.63, 3.8) is 0 Å². The van der Waals surface area contributed by atoms with Gasteiger partial charge < -0.3 is 16.2 Å². The summed E-state index contributed by atoms with van der Waals surface area (Å²) in [5.74, 6) is 1.66. The minimum atomic E-state index is -0.0760. The van der Waals surface area contributed by atoms with Crippen molar-refractivity contribution in [2.45, 2.75) is 39.2 Å². The molecule has 0 aromatic heterocycles. The van der Waals surface area contributed by atoms with Crippen LogP contribution in [-0.2, 0) is 0 Å². The zero-order valence-electron chi connectivity index (χ0n) is 10.1. The second-order valence-corrected chi connectivity index (χ2v) is 5.16. The first kappa shape index (κ1) is 12.9. The SMILES string of the molecule is CC(C)C(CN)CNCC1CCCC1O. The number of aliphatic hydroxyl groups is 1. The largest absolute Gasteiger partial charge is 0.393 e. The molecule has 4 N–H and O–H groups in total. The van der Waals surface area contributed by atoms with Gasteiger partial charge in [-0.2, -0.15) is 0 Å². The molecule has 0 amide bonds. The van der Waals surface area contributed by atoms with Gasteiger partial charge in [-0.3, -0.25) is 0 Å². The van der Waals surface area contributed by atoms with Gasteiger partial charge in [-0.15, -0.1) is 0 Å². The van der Waals surface area contributed by atoms with Gasteiger partial charge in [0.1, 0.15) is 0 Å². The Morgan fingerprint density at radius 1 is 1.40 bits per heavy atom. The van der Waals surface area contributed by atoms with Crippen LogP contribution in [-0.4, -0.2) is 30.8 Å². The average Bonchev–Trinajstić information content (AvgIpc) is 2.58. The summed E-state index contributed by atoms with van der Waals surface area (Å²) in [6, 6.07) is 0. The van der Waals surface area contributed by atoms with Crippen molar-refractivity contribution in [3.05, 3.63) is 0 Å². The molecule has 1 rings (SSSR count). The molecular formula is C12H26N2O. The van der Waals surface area contributed by atoms with E-state index < -0.39 is 0 Å². The highest BCUT2D eigenvalue weighted by molar-refractivity contribution is 4.79. The van der Waals surface area contributed by atoms with Gasteiger partial charge in [-0.05, 0) is 43.7 Å². The van der Waals surface area contributed by atoms with Gasteiger partial charge in [0.2, 0.25) is 0 Å². The molecule has 0 saturated heterocycles. The lowest BCUT2D eigenvalue weighted by molar-refractivity contribution is 0.130. The van der Waals surface area contributed by atoms with Gasteiger partial charge in [0, 0.05) is 6.54 Å². The molecule has 1 aliphatic carbocycles. The average molecular weight is 214 g/mol. The highest BCUT2D eigenvalue weighted by Gasteiger charge is 2.24. The zero-order chi connectivity index (χ0) is 11.3. The molecular weight excluding hydrogens is 188 g/mol. The third-order valence-electron chi connectivity index (χ3n) is 3.68. The van der Waals surface area contributed by atoms with Gasteiger partial charge in [0.15, 0.2) is 0 Å². The van der Waals surface area contributed by atoms with Crippen LogP contribution in [0, 0.1) is 17.8 Å². The van der Waals surface area contributed by atoms with E-state index in [2.05, 4.69) is 19.2 Å². The van der Waals surface area contributed by atoms with Crippen LogP contribution in [0.3, 0.4) is 0 Å². The predicted octanol–water partition coefficient (Wildman–Crippen LogP) is 0.968. The Hall–Kier alpha value is -0.120. The maximum atomic E-state index is 9.66. The number of nitrogens with two attached hydrogens (primary N) is 1. The third-order valence-corrected chi connectivity index (χ3v) is 3.68. The lowest BCUT2D eigenvalue weighted by Crippen LogP contribution is -2.35. The first-order chi connectivity index (χ1) is 7.15. The Morgan fingerprint density at radius 2 is 2.13 bits per heavy atom. The fraction of sp³-hybridized carbons (Fsp3) is 1.00. The molecule has 3 nitrogen and oxygen atoms in total. The van der Waals surface area contributed by atoms with E-state index in [-0.39, 0.29) is 6.10 Å². The van der Waals surface area contributed by atoms with Crippen LogP contribution in [0.4, 0.5) is 0 Å². The van der Waals surface area contributed by atoms with Gasteiger partial charge >= 0.3 is 0 Å². The Labute approximate surface area is 93.4 Å². The molecule has 1 saturated carbocycles. The van der Waals surface area contributed by atoms with Crippen molar-refractivity contribution in [1.82, 2.24) is 5.32 Å². The Bertz CT molecular complexity index is 171. The molecule has 1 aliphatic rings. The van der Waals surface area contributed by atoms with Crippen molar-refractivity contribution in [2.75, 3.05) is 19.6 Å². The lowest BCUT2D eigenvalue weighted by atomic mass is 9.95. The highest BCUT2D eigenvalue weighted by Crippen LogP contribution is 2.24. The summed E-state index contributed by atoms with van der Waals surface area (Å²) >= 11 is 0. The van der Waals surface area contributed by atoms with Crippen LogP contribution in [0.2, 0.25) is 0 Å². The molecule has 1 fully saturated rings. The molecule has 3 unspecified atom stereocenters. The van der Waals surface area contributed by atoms with Gasteiger partial charge in [-0.25, -0.2) is 0 Å². The Kier molecular flexibility index (Phi) is 5.58. The Morgan fingerprint density at radius 3 is 2.60 bits per heavy atom. The molecule has 0 bridgehead atoms. The minimum absolute atomic E-state index is 0.0760. The van der Waals surface area contributed by atoms with Gasteiger partial charge in [-0.1, -0.05) is 20.3 Å². The van der Waals surface area contributed by atoms with Gasteiger partial charge in [0.05, 0.1) is 6.10 Å². The topological polar surface area (TPSA) is 58.3 Å². The van der Waals surface area contributed by atoms with Crippen molar-refractivity contribution in [1.29, 1.82) is 0 Å². The van der Waals surface area contributed by atoms with E-state index >= 15 is 0 Å². The number of rotatable bonds is 6. The van der Waals surface area contributed by atoms with Crippen molar-refractivity contribution >= 4 is 0 Å². The fourth-order valence-corrected chi connectivity index (χ4v) is 2.30. The zero-order valence-corrected chi connectivity index (χ0v) is 10.1. The van der Waals surface area contributed by atoms with E-state index in [1.807, 2.05) is 0 Å². The fourth-order valence-electron chi connectivity index (χ4n) is 2.30. The number of aliphatic hydroxyl groups excluding tert-OH is 1. The maximum absolute atomic E-state index is 9.66. The molecule has 15 heavy (non-hydrogen) atoms. The molecule has 0 heterocycles. The maximum Gasteiger partial charge on any atom is 0.0580 e. The standard InChI is InChI=1S/C12H26N2O/c1-9(2)11(6-13)8-14-7-10-4-3-5-12(10)15/h9-12,14-15H,3-8,13H2,1-2H3. The van der Waals surface area contributed by atoms with Crippen LogP contribution >= 0.6 is 0 Å². The van der Waals surface area contributed by atoms with E-state index in [1.165, 1.54) is 12.8 Å². The summed E-state index contributed by atoms with van der Waals surface area (Å²) in [5.41, 5.74) is 5.71. The lowest BCUT2D eigenvalue weighted by Gasteiger charge is -2.21. The van der Waals surface area contributed by atoms with Crippen LogP contribution in [0.15, 0.2) is 0 Å². The predicted molar refractivity (Wildman–Crippen MR) is 63.6 cm³/mol. The molecule has 0 radical (unpaired) electrons. The van der Waals surface area contributed by atoms with Crippen molar-refractivity contribution in [2.24, 2.45) is 23.5 Å². The van der Waals surface area contributed by atoms with Crippen LogP contribution in [0.1, 0.15) is 33.1 Å². The number of nitrogens with one attached hydrogen (secondary N) is 1. The first-order valence-corrected chi connectivity index (χ1v) is 6.24. The van der Waals surface area contributed by atoms with Crippen molar-refractivity contribution in [3.8, 4) is 0 Å². The van der Waals surface area contributed by atoms with E-state index in [0.29, 0.717) is 17.8 Å². The first-order valence-electron chi connectivity index (χ1n) is 6.24. The second-order valence-electron chi connectivity index (χ2n) is 5.16. The molecule has 0 aromatic carbocycles. The quantitative estimate of drug-likeness (QED) is 0.617. The van der Waals surface area contributed by atoms with Crippen molar-refractivity contribution < 1.29 is 5.11 Å².